The van der Waals surface area contributed by atoms with Crippen LogP contribution in [0.15, 0.2) is 0 Å². The van der Waals surface area contributed by atoms with Gasteiger partial charge in [-0.25, -0.2) is 5.48 Å². The predicted molar refractivity (Wildman–Crippen MR) is 43.6 cm³/mol. The second kappa shape index (κ2) is 6.79. The van der Waals surface area contributed by atoms with E-state index in [9.17, 15) is 9.59 Å². The Morgan fingerprint density at radius 2 is 2.25 bits per heavy atom. The third kappa shape index (κ3) is 4.85. The summed E-state index contributed by atoms with van der Waals surface area (Å²) in [5.74, 6) is -0.481. The second-order valence-corrected chi connectivity index (χ2v) is 2.76. The third-order valence-electron chi connectivity index (χ3n) is 1.72. The molecule has 1 unspecified atom stereocenters. The molecule has 4 nitrogen and oxygen atoms in total. The van der Waals surface area contributed by atoms with Gasteiger partial charge in [-0.2, -0.15) is 0 Å². The Balaban J connectivity index is 3.57. The number of carbonyl (C=O) groups excluding carboxylic acids is 2. The number of amides is 1. The number of nitrogens with one attached hydrogen (secondary N) is 1. The smallest absolute Gasteiger partial charge is 0.243 e. The van der Waals surface area contributed by atoms with Gasteiger partial charge in [-0.1, -0.05) is 13.3 Å². The van der Waals surface area contributed by atoms with Gasteiger partial charge in [0.25, 0.3) is 0 Å². The molecule has 0 aliphatic heterocycles. The number of hydrogen-bond acceptors (Lipinski definition) is 3. The predicted octanol–water partition coefficient (Wildman–Crippen LogP) is 0.887. The van der Waals surface area contributed by atoms with Crippen molar-refractivity contribution in [3.63, 3.8) is 0 Å². The summed E-state index contributed by atoms with van der Waals surface area (Å²) in [6.07, 6.45) is 3.34. The molecule has 0 heterocycles. The molecule has 1 atom stereocenters. The molecule has 1 amide bonds. The molecule has 0 aromatic heterocycles. The van der Waals surface area contributed by atoms with E-state index in [0.717, 1.165) is 19.1 Å². The molecule has 4 heteroatoms. The Hall–Kier alpha value is -0.900. The van der Waals surface area contributed by atoms with E-state index < -0.39 is 5.91 Å². The topological polar surface area (TPSA) is 66.4 Å². The summed E-state index contributed by atoms with van der Waals surface area (Å²) in [6.45, 7) is 1.99. The Kier molecular flexibility index (Phi) is 6.28. The summed E-state index contributed by atoms with van der Waals surface area (Å²) in [7, 11) is 0. The molecule has 0 aliphatic carbocycles. The van der Waals surface area contributed by atoms with Crippen LogP contribution in [0.1, 0.15) is 32.6 Å². The van der Waals surface area contributed by atoms with Gasteiger partial charge >= 0.3 is 0 Å². The van der Waals surface area contributed by atoms with E-state index in [0.29, 0.717) is 6.42 Å². The van der Waals surface area contributed by atoms with Crippen molar-refractivity contribution < 1.29 is 14.8 Å². The molecule has 0 radical (unpaired) electrons. The van der Waals surface area contributed by atoms with Crippen LogP contribution in [0, 0.1) is 5.92 Å². The van der Waals surface area contributed by atoms with Gasteiger partial charge in [-0.15, -0.1) is 0 Å². The summed E-state index contributed by atoms with van der Waals surface area (Å²) >= 11 is 0. The van der Waals surface area contributed by atoms with E-state index in [1.807, 2.05) is 6.92 Å². The maximum atomic E-state index is 10.6. The number of hydrogen-bond donors (Lipinski definition) is 2. The molecular weight excluding hydrogens is 158 g/mol. The zero-order valence-corrected chi connectivity index (χ0v) is 7.25. The monoisotopic (exact) mass is 173 g/mol. The van der Waals surface area contributed by atoms with E-state index in [4.69, 9.17) is 5.21 Å². The first-order valence-electron chi connectivity index (χ1n) is 4.12. The fraction of sp³-hybridized carbons (Fsp3) is 0.750. The molecule has 0 saturated heterocycles. The zero-order chi connectivity index (χ0) is 9.40. The van der Waals surface area contributed by atoms with Crippen molar-refractivity contribution in [2.75, 3.05) is 0 Å². The Morgan fingerprint density at radius 1 is 1.58 bits per heavy atom. The number of hydroxylamine groups is 1. The minimum absolute atomic E-state index is 0.0488. The lowest BCUT2D eigenvalue weighted by Gasteiger charge is -2.06. The summed E-state index contributed by atoms with van der Waals surface area (Å²) in [6, 6.07) is 0. The summed E-state index contributed by atoms with van der Waals surface area (Å²) in [4.78, 5) is 21.0. The molecule has 0 aromatic carbocycles. The van der Waals surface area contributed by atoms with Gasteiger partial charge in [-0.05, 0) is 12.8 Å². The zero-order valence-electron chi connectivity index (χ0n) is 7.25. The SMILES string of the molecule is CCCC(C=O)CCC(=O)NO. The maximum Gasteiger partial charge on any atom is 0.243 e. The molecule has 0 bridgehead atoms. The van der Waals surface area contributed by atoms with Gasteiger partial charge in [0.05, 0.1) is 0 Å². The molecule has 12 heavy (non-hydrogen) atoms. The van der Waals surface area contributed by atoms with Gasteiger partial charge in [0.15, 0.2) is 0 Å². The lowest BCUT2D eigenvalue weighted by molar-refractivity contribution is -0.129. The van der Waals surface area contributed by atoms with Crippen molar-refractivity contribution >= 4 is 12.2 Å². The molecule has 0 saturated carbocycles. The van der Waals surface area contributed by atoms with Crippen LogP contribution >= 0.6 is 0 Å². The Labute approximate surface area is 71.9 Å². The van der Waals surface area contributed by atoms with Crippen molar-refractivity contribution in [1.29, 1.82) is 0 Å². The normalized spacial score (nSPS) is 12.2. The van der Waals surface area contributed by atoms with Crippen LogP contribution in [0.5, 0.6) is 0 Å². The lowest BCUT2D eigenvalue weighted by Crippen LogP contribution is -2.19. The van der Waals surface area contributed by atoms with Crippen molar-refractivity contribution in [3.8, 4) is 0 Å². The van der Waals surface area contributed by atoms with Gasteiger partial charge in [0.1, 0.15) is 6.29 Å². The largest absolute Gasteiger partial charge is 0.303 e. The summed E-state index contributed by atoms with van der Waals surface area (Å²) in [5, 5.41) is 8.16. The van der Waals surface area contributed by atoms with Crippen molar-refractivity contribution in [3.05, 3.63) is 0 Å². The molecule has 0 aromatic rings. The number of aldehydes is 1. The molecular formula is C8H15NO3. The second-order valence-electron chi connectivity index (χ2n) is 2.76. The minimum Gasteiger partial charge on any atom is -0.303 e. The van der Waals surface area contributed by atoms with Crippen LogP contribution in [0.2, 0.25) is 0 Å². The molecule has 0 rings (SSSR count). The van der Waals surface area contributed by atoms with Crippen LogP contribution in [0.4, 0.5) is 0 Å². The standard InChI is InChI=1S/C8H15NO3/c1-2-3-7(6-10)4-5-8(11)9-12/h6-7,12H,2-5H2,1H3,(H,9,11). The van der Waals surface area contributed by atoms with Crippen LogP contribution in [0.3, 0.4) is 0 Å². The van der Waals surface area contributed by atoms with Crippen molar-refractivity contribution in [2.24, 2.45) is 5.92 Å². The molecule has 0 aliphatic rings. The Bertz CT molecular complexity index is 147. The van der Waals surface area contributed by atoms with E-state index in [1.165, 1.54) is 5.48 Å². The highest BCUT2D eigenvalue weighted by Gasteiger charge is 2.08. The third-order valence-corrected chi connectivity index (χ3v) is 1.72. The fourth-order valence-corrected chi connectivity index (χ4v) is 1.02. The molecule has 0 spiro atoms. The van der Waals surface area contributed by atoms with Crippen molar-refractivity contribution in [2.45, 2.75) is 32.6 Å². The van der Waals surface area contributed by atoms with Gasteiger partial charge in [-0.3, -0.25) is 10.0 Å². The average molecular weight is 173 g/mol. The highest BCUT2D eigenvalue weighted by atomic mass is 16.5. The van der Waals surface area contributed by atoms with Gasteiger partial charge < -0.3 is 4.79 Å². The van der Waals surface area contributed by atoms with E-state index in [2.05, 4.69) is 0 Å². The Morgan fingerprint density at radius 3 is 2.67 bits per heavy atom. The quantitative estimate of drug-likeness (QED) is 0.356. The first-order chi connectivity index (χ1) is 5.74. The lowest BCUT2D eigenvalue weighted by atomic mass is 10.00. The highest BCUT2D eigenvalue weighted by Crippen LogP contribution is 2.10. The first kappa shape index (κ1) is 11.1. The highest BCUT2D eigenvalue weighted by molar-refractivity contribution is 5.74. The van der Waals surface area contributed by atoms with Crippen LogP contribution in [-0.4, -0.2) is 17.4 Å². The summed E-state index contributed by atoms with van der Waals surface area (Å²) in [5.41, 5.74) is 1.53. The average Bonchev–Trinajstić information content (AvgIpc) is 2.11. The molecule has 70 valence electrons. The van der Waals surface area contributed by atoms with E-state index in [1.54, 1.807) is 0 Å². The van der Waals surface area contributed by atoms with Crippen molar-refractivity contribution in [1.82, 2.24) is 5.48 Å². The van der Waals surface area contributed by atoms with E-state index >= 15 is 0 Å². The van der Waals surface area contributed by atoms with Crippen LogP contribution < -0.4 is 5.48 Å². The van der Waals surface area contributed by atoms with Gasteiger partial charge in [0.2, 0.25) is 5.91 Å². The maximum absolute atomic E-state index is 10.6. The summed E-state index contributed by atoms with van der Waals surface area (Å²) < 4.78 is 0. The van der Waals surface area contributed by atoms with Gasteiger partial charge in [0, 0.05) is 12.3 Å². The molecule has 2 N–H and O–H groups in total. The van der Waals surface area contributed by atoms with Crippen LogP contribution in [0.25, 0.3) is 0 Å². The van der Waals surface area contributed by atoms with Crippen LogP contribution in [-0.2, 0) is 9.59 Å². The number of carbonyl (C=O) groups is 2. The fourth-order valence-electron chi connectivity index (χ4n) is 1.02. The van der Waals surface area contributed by atoms with E-state index in [-0.39, 0.29) is 12.3 Å². The molecule has 0 fully saturated rings. The first-order valence-corrected chi connectivity index (χ1v) is 4.12. The minimum atomic E-state index is -0.432. The number of rotatable bonds is 6.